The van der Waals surface area contributed by atoms with E-state index in [1.54, 1.807) is 19.2 Å². The van der Waals surface area contributed by atoms with E-state index in [4.69, 9.17) is 10.2 Å². The van der Waals surface area contributed by atoms with Crippen LogP contribution >= 0.6 is 0 Å². The molecule has 222 valence electrons. The maximum atomic E-state index is 13.3. The molecule has 0 fully saturated rings. The summed E-state index contributed by atoms with van der Waals surface area (Å²) < 4.78 is 0. The third-order valence-corrected chi connectivity index (χ3v) is 5.53. The molecule has 0 aliphatic heterocycles. The van der Waals surface area contributed by atoms with E-state index in [1.807, 2.05) is 12.1 Å². The molecule has 16 heteroatoms. The third-order valence-electron chi connectivity index (χ3n) is 5.53. The van der Waals surface area contributed by atoms with E-state index in [2.05, 4.69) is 10.6 Å². The second-order valence-electron chi connectivity index (χ2n) is 8.90. The third kappa shape index (κ3) is 14.1. The van der Waals surface area contributed by atoms with Crippen molar-refractivity contribution in [2.75, 3.05) is 59.4 Å². The van der Waals surface area contributed by atoms with Crippen LogP contribution in [0.4, 0.5) is 0 Å². The molecule has 0 aromatic heterocycles. The molecular weight excluding hydrogens is 534 g/mol. The second-order valence-corrected chi connectivity index (χ2v) is 8.90. The van der Waals surface area contributed by atoms with Gasteiger partial charge in [0.15, 0.2) is 0 Å². The smallest absolute Gasteiger partial charge is 0.317 e. The first-order valence-corrected chi connectivity index (χ1v) is 12.1. The Balaban J connectivity index is 3.18. The molecular formula is C24H35N5O11. The van der Waals surface area contributed by atoms with Crippen LogP contribution in [0.5, 0.6) is 0 Å². The van der Waals surface area contributed by atoms with Gasteiger partial charge < -0.3 is 36.2 Å². The molecule has 1 rings (SSSR count). The zero-order valence-electron chi connectivity index (χ0n) is 22.0. The van der Waals surface area contributed by atoms with Crippen LogP contribution in [0.3, 0.4) is 0 Å². The van der Waals surface area contributed by atoms with E-state index in [0.717, 1.165) is 15.4 Å². The lowest BCUT2D eigenvalue weighted by Crippen LogP contribution is -2.56. The normalized spacial score (nSPS) is 11.9. The second kappa shape index (κ2) is 17.5. The Labute approximate surface area is 229 Å². The Kier molecular flexibility index (Phi) is 14.8. The van der Waals surface area contributed by atoms with Gasteiger partial charge in [-0.15, -0.1) is 0 Å². The first-order chi connectivity index (χ1) is 18.8. The van der Waals surface area contributed by atoms with Crippen LogP contribution in [0.15, 0.2) is 24.3 Å². The summed E-state index contributed by atoms with van der Waals surface area (Å²) in [5, 5.41) is 51.8. The van der Waals surface area contributed by atoms with E-state index in [-0.39, 0.29) is 19.6 Å². The summed E-state index contributed by atoms with van der Waals surface area (Å²) in [6.07, 6.45) is 0. The monoisotopic (exact) mass is 569 g/mol. The number of hydrogen-bond donors (Lipinski definition) is 7. The van der Waals surface area contributed by atoms with Crippen molar-refractivity contribution < 1.29 is 54.3 Å². The lowest BCUT2D eigenvalue weighted by atomic mass is 10.1. The van der Waals surface area contributed by atoms with Crippen LogP contribution in [-0.2, 0) is 41.9 Å². The van der Waals surface area contributed by atoms with E-state index in [9.17, 15) is 44.1 Å². The predicted octanol–water partition coefficient (Wildman–Crippen LogP) is -2.28. The van der Waals surface area contributed by atoms with Crippen molar-refractivity contribution in [1.29, 1.82) is 0 Å². The van der Waals surface area contributed by atoms with Crippen molar-refractivity contribution in [3.8, 4) is 0 Å². The van der Waals surface area contributed by atoms with E-state index < -0.39 is 81.1 Å². The molecule has 0 unspecified atom stereocenters. The zero-order chi connectivity index (χ0) is 30.2. The number of rotatable bonds is 21. The van der Waals surface area contributed by atoms with Crippen molar-refractivity contribution in [1.82, 2.24) is 25.3 Å². The number of nitrogens with zero attached hydrogens (tertiary/aromatic N) is 3. The summed E-state index contributed by atoms with van der Waals surface area (Å²) in [7, 11) is 1.79. The fourth-order valence-corrected chi connectivity index (χ4v) is 3.82. The average Bonchev–Trinajstić information content (AvgIpc) is 2.83. The van der Waals surface area contributed by atoms with Crippen LogP contribution in [0.2, 0.25) is 0 Å². The maximum Gasteiger partial charge on any atom is 0.317 e. The van der Waals surface area contributed by atoms with Gasteiger partial charge in [-0.1, -0.05) is 24.3 Å². The number of hydrogen-bond acceptors (Lipinski definition) is 10. The Morgan fingerprint density at radius 2 is 1.05 bits per heavy atom. The summed E-state index contributed by atoms with van der Waals surface area (Å²) in [5.41, 5.74) is 1.70. The molecule has 0 saturated heterocycles. The topological polar surface area (TPSA) is 237 Å². The van der Waals surface area contributed by atoms with Gasteiger partial charge in [0.1, 0.15) is 6.04 Å². The van der Waals surface area contributed by atoms with Crippen LogP contribution in [0, 0.1) is 0 Å². The molecule has 0 saturated carbocycles. The summed E-state index contributed by atoms with van der Waals surface area (Å²) in [6, 6.07) is 5.79. The molecule has 1 atom stereocenters. The Hall–Kier alpha value is -4.12. The van der Waals surface area contributed by atoms with Crippen molar-refractivity contribution in [3.05, 3.63) is 35.4 Å². The lowest BCUT2D eigenvalue weighted by molar-refractivity contribution is -0.146. The number of carboxylic acids is 5. The van der Waals surface area contributed by atoms with Gasteiger partial charge in [0, 0.05) is 32.7 Å². The molecule has 0 spiro atoms. The highest BCUT2D eigenvalue weighted by Crippen LogP contribution is 2.08. The standard InChI is InChI=1S/C24H35N5O11/c1-25-8-16-2-4-17(5-3-16)9-26-24(40)18(29(14-22(36)37)15-23(38)39)10-27(11-19(30)31)6-7-28(12-20(32)33)13-21(34)35/h2-5,18,25H,6-15H2,1H3,(H,26,40)(H,30,31)(H,32,33)(H,34,35)(H,36,37)(H,38,39)/t18-/m1/s1. The van der Waals surface area contributed by atoms with Crippen molar-refractivity contribution >= 4 is 35.8 Å². The summed E-state index contributed by atoms with van der Waals surface area (Å²) >= 11 is 0. The molecule has 0 bridgehead atoms. The maximum absolute atomic E-state index is 13.3. The Bertz CT molecular complexity index is 1000. The van der Waals surface area contributed by atoms with Crippen LogP contribution in [0.25, 0.3) is 0 Å². The summed E-state index contributed by atoms with van der Waals surface area (Å²) in [6.45, 7) is -3.84. The molecule has 0 radical (unpaired) electrons. The van der Waals surface area contributed by atoms with Crippen molar-refractivity contribution in [2.24, 2.45) is 0 Å². The highest BCUT2D eigenvalue weighted by Gasteiger charge is 2.32. The number of benzene rings is 1. The van der Waals surface area contributed by atoms with Crippen LogP contribution in [0.1, 0.15) is 11.1 Å². The van der Waals surface area contributed by atoms with Gasteiger partial charge in [-0.25, -0.2) is 0 Å². The summed E-state index contributed by atoms with van der Waals surface area (Å²) in [5.74, 6) is -7.54. The number of carboxylic acid groups (broad SMARTS) is 5. The number of carbonyl (C=O) groups excluding carboxylic acids is 1. The average molecular weight is 570 g/mol. The first kappa shape index (κ1) is 33.9. The number of nitrogens with one attached hydrogen (secondary N) is 2. The fourth-order valence-electron chi connectivity index (χ4n) is 3.82. The minimum Gasteiger partial charge on any atom is -0.480 e. The molecule has 1 aromatic carbocycles. The first-order valence-electron chi connectivity index (χ1n) is 12.1. The quantitative estimate of drug-likeness (QED) is 0.0825. The molecule has 1 aromatic rings. The van der Waals surface area contributed by atoms with Gasteiger partial charge in [0.05, 0.1) is 32.7 Å². The summed E-state index contributed by atoms with van der Waals surface area (Å²) in [4.78, 5) is 73.0. The minimum atomic E-state index is -1.43. The molecule has 1 amide bonds. The van der Waals surface area contributed by atoms with Gasteiger partial charge >= 0.3 is 29.8 Å². The highest BCUT2D eigenvalue weighted by atomic mass is 16.4. The molecule has 40 heavy (non-hydrogen) atoms. The number of aliphatic carboxylic acids is 5. The van der Waals surface area contributed by atoms with Crippen molar-refractivity contribution in [2.45, 2.75) is 19.1 Å². The van der Waals surface area contributed by atoms with Crippen molar-refractivity contribution in [3.63, 3.8) is 0 Å². The Morgan fingerprint density at radius 3 is 1.48 bits per heavy atom. The fraction of sp³-hybridized carbons (Fsp3) is 0.500. The number of carbonyl (C=O) groups is 6. The van der Waals surface area contributed by atoms with Gasteiger partial charge in [0.25, 0.3) is 0 Å². The molecule has 0 heterocycles. The van der Waals surface area contributed by atoms with Crippen LogP contribution < -0.4 is 10.6 Å². The highest BCUT2D eigenvalue weighted by molar-refractivity contribution is 5.84. The predicted molar refractivity (Wildman–Crippen MR) is 137 cm³/mol. The van der Waals surface area contributed by atoms with Crippen LogP contribution in [-0.4, -0.2) is 141 Å². The van der Waals surface area contributed by atoms with E-state index in [0.29, 0.717) is 12.1 Å². The van der Waals surface area contributed by atoms with Gasteiger partial charge in [-0.2, -0.15) is 0 Å². The molecule has 0 aliphatic rings. The Morgan fingerprint density at radius 1 is 0.650 bits per heavy atom. The number of amides is 1. The van der Waals surface area contributed by atoms with Gasteiger partial charge in [-0.05, 0) is 18.2 Å². The van der Waals surface area contributed by atoms with Gasteiger partial charge in [-0.3, -0.25) is 43.5 Å². The molecule has 16 nitrogen and oxygen atoms in total. The molecule has 7 N–H and O–H groups in total. The largest absolute Gasteiger partial charge is 0.480 e. The van der Waals surface area contributed by atoms with Gasteiger partial charge in [0.2, 0.25) is 5.91 Å². The van der Waals surface area contributed by atoms with E-state index >= 15 is 0 Å². The van der Waals surface area contributed by atoms with E-state index in [1.165, 1.54) is 4.90 Å². The zero-order valence-corrected chi connectivity index (χ0v) is 22.0. The minimum absolute atomic E-state index is 0.0209. The SMILES string of the molecule is CNCc1ccc(CNC(=O)[C@@H](CN(CCN(CC(=O)O)CC(=O)O)CC(=O)O)N(CC(=O)O)CC(=O)O)cc1. The lowest BCUT2D eigenvalue weighted by Gasteiger charge is -2.33. The molecule has 0 aliphatic carbocycles.